The normalized spacial score (nSPS) is 43.2. The molecule has 1 spiro atoms. The predicted octanol–water partition coefficient (Wildman–Crippen LogP) is 0.490. The van der Waals surface area contributed by atoms with E-state index >= 15 is 0 Å². The van der Waals surface area contributed by atoms with Crippen LogP contribution in [-0.2, 0) is 19.0 Å². The van der Waals surface area contributed by atoms with Crippen LogP contribution in [0.25, 0.3) is 0 Å². The molecule has 2 N–H and O–H groups in total. The van der Waals surface area contributed by atoms with Crippen molar-refractivity contribution in [1.29, 1.82) is 0 Å². The minimum atomic E-state index is -1.68. The molecular weight excluding hydrogens is 264 g/mol. The van der Waals surface area contributed by atoms with Crippen molar-refractivity contribution in [3.8, 4) is 0 Å². The zero-order valence-corrected chi connectivity index (χ0v) is 11.7. The Labute approximate surface area is 118 Å². The number of hydrogen-bond acceptors (Lipinski definition) is 6. The highest BCUT2D eigenvalue weighted by molar-refractivity contribution is 5.79. The van der Waals surface area contributed by atoms with Crippen LogP contribution < -0.4 is 0 Å². The van der Waals surface area contributed by atoms with Crippen LogP contribution in [0.2, 0.25) is 0 Å². The Kier molecular flexibility index (Phi) is 3.52. The fraction of sp³-hybridized carbons (Fsp3) is 0.929. The summed E-state index contributed by atoms with van der Waals surface area (Å²) in [5.74, 6) is -1.35. The number of rotatable bonds is 1. The van der Waals surface area contributed by atoms with Gasteiger partial charge in [0.05, 0.1) is 19.3 Å². The molecule has 1 heterocycles. The van der Waals surface area contributed by atoms with Gasteiger partial charge in [-0.25, -0.2) is 4.79 Å². The van der Waals surface area contributed by atoms with E-state index in [1.807, 2.05) is 0 Å². The SMILES string of the molecule is COC(=O)[C@@]1(O)CC(O)[C@@H]2OC3(CCCCC3)O[C@@H]2C1. The first kappa shape index (κ1) is 14.3. The van der Waals surface area contributed by atoms with Gasteiger partial charge in [-0.05, 0) is 12.8 Å². The summed E-state index contributed by atoms with van der Waals surface area (Å²) in [6.45, 7) is 0. The number of hydrogen-bond donors (Lipinski definition) is 2. The lowest BCUT2D eigenvalue weighted by atomic mass is 9.80. The molecule has 2 aliphatic carbocycles. The van der Waals surface area contributed by atoms with E-state index < -0.39 is 35.7 Å². The van der Waals surface area contributed by atoms with Gasteiger partial charge in [-0.3, -0.25) is 0 Å². The minimum Gasteiger partial charge on any atom is -0.467 e. The van der Waals surface area contributed by atoms with Crippen LogP contribution in [-0.4, -0.2) is 53.0 Å². The molecule has 20 heavy (non-hydrogen) atoms. The minimum absolute atomic E-state index is 0.0692. The van der Waals surface area contributed by atoms with E-state index in [1.165, 1.54) is 13.5 Å². The molecule has 1 unspecified atom stereocenters. The Morgan fingerprint density at radius 1 is 1.20 bits per heavy atom. The summed E-state index contributed by atoms with van der Waals surface area (Å²) in [5, 5.41) is 20.6. The molecule has 114 valence electrons. The third-order valence-corrected chi connectivity index (χ3v) is 4.73. The summed E-state index contributed by atoms with van der Waals surface area (Å²) in [6, 6.07) is 0. The van der Waals surface area contributed by atoms with Crippen LogP contribution in [0.3, 0.4) is 0 Å². The van der Waals surface area contributed by atoms with Crippen molar-refractivity contribution in [2.24, 2.45) is 0 Å². The molecule has 1 aliphatic heterocycles. The lowest BCUT2D eigenvalue weighted by Gasteiger charge is -2.37. The second-order valence-corrected chi connectivity index (χ2v) is 6.21. The van der Waals surface area contributed by atoms with Crippen molar-refractivity contribution in [1.82, 2.24) is 0 Å². The van der Waals surface area contributed by atoms with E-state index in [1.54, 1.807) is 0 Å². The second kappa shape index (κ2) is 4.94. The maximum Gasteiger partial charge on any atom is 0.338 e. The summed E-state index contributed by atoms with van der Waals surface area (Å²) in [6.07, 6.45) is 3.07. The molecule has 3 rings (SSSR count). The maximum absolute atomic E-state index is 11.7. The molecule has 0 amide bonds. The van der Waals surface area contributed by atoms with Gasteiger partial charge >= 0.3 is 5.97 Å². The van der Waals surface area contributed by atoms with Crippen molar-refractivity contribution in [2.45, 2.75) is 74.6 Å². The lowest BCUT2D eigenvalue weighted by molar-refractivity contribution is -0.198. The molecule has 3 aliphatic rings. The maximum atomic E-state index is 11.7. The van der Waals surface area contributed by atoms with Gasteiger partial charge in [0.2, 0.25) is 0 Å². The largest absolute Gasteiger partial charge is 0.467 e. The lowest BCUT2D eigenvalue weighted by Crippen LogP contribution is -2.55. The summed E-state index contributed by atoms with van der Waals surface area (Å²) in [5.41, 5.74) is -1.68. The number of carbonyl (C=O) groups excluding carboxylic acids is 1. The van der Waals surface area contributed by atoms with E-state index in [4.69, 9.17) is 9.47 Å². The molecule has 0 aromatic heterocycles. The molecular formula is C14H22O6. The number of ether oxygens (including phenoxy) is 3. The van der Waals surface area contributed by atoms with E-state index in [2.05, 4.69) is 4.74 Å². The number of esters is 1. The van der Waals surface area contributed by atoms with Gasteiger partial charge < -0.3 is 24.4 Å². The van der Waals surface area contributed by atoms with Crippen LogP contribution in [0, 0.1) is 0 Å². The number of methoxy groups -OCH3 is 1. The van der Waals surface area contributed by atoms with Gasteiger partial charge in [0.1, 0.15) is 6.10 Å². The molecule has 0 radical (unpaired) electrons. The average molecular weight is 286 g/mol. The van der Waals surface area contributed by atoms with Crippen molar-refractivity contribution >= 4 is 5.97 Å². The van der Waals surface area contributed by atoms with Gasteiger partial charge in [-0.2, -0.15) is 0 Å². The smallest absolute Gasteiger partial charge is 0.338 e. The Morgan fingerprint density at radius 3 is 2.55 bits per heavy atom. The molecule has 0 bridgehead atoms. The Balaban J connectivity index is 1.77. The van der Waals surface area contributed by atoms with Gasteiger partial charge in [0.15, 0.2) is 11.4 Å². The van der Waals surface area contributed by atoms with Crippen LogP contribution in [0.15, 0.2) is 0 Å². The van der Waals surface area contributed by atoms with Crippen molar-refractivity contribution in [3.63, 3.8) is 0 Å². The second-order valence-electron chi connectivity index (χ2n) is 6.21. The molecule has 6 nitrogen and oxygen atoms in total. The summed E-state index contributed by atoms with van der Waals surface area (Å²) < 4.78 is 16.6. The van der Waals surface area contributed by atoms with Gasteiger partial charge in [-0.1, -0.05) is 6.42 Å². The fourth-order valence-corrected chi connectivity index (χ4v) is 3.74. The average Bonchev–Trinajstić information content (AvgIpc) is 2.76. The van der Waals surface area contributed by atoms with Crippen molar-refractivity contribution in [3.05, 3.63) is 0 Å². The highest BCUT2D eigenvalue weighted by atomic mass is 16.8. The number of carbonyl (C=O) groups is 1. The Morgan fingerprint density at radius 2 is 1.90 bits per heavy atom. The third-order valence-electron chi connectivity index (χ3n) is 4.73. The first-order valence-electron chi connectivity index (χ1n) is 7.33. The van der Waals surface area contributed by atoms with Crippen molar-refractivity contribution < 1.29 is 29.2 Å². The molecule has 1 saturated heterocycles. The first-order chi connectivity index (χ1) is 9.48. The number of aliphatic hydroxyl groups is 2. The predicted molar refractivity (Wildman–Crippen MR) is 67.8 cm³/mol. The zero-order chi connectivity index (χ0) is 14.4. The molecule has 2 saturated carbocycles. The van der Waals surface area contributed by atoms with E-state index in [9.17, 15) is 15.0 Å². The molecule has 6 heteroatoms. The summed E-state index contributed by atoms with van der Waals surface area (Å²) in [7, 11) is 1.23. The van der Waals surface area contributed by atoms with Gasteiger partial charge in [0, 0.05) is 25.7 Å². The van der Waals surface area contributed by atoms with E-state index in [0.29, 0.717) is 0 Å². The van der Waals surface area contributed by atoms with Crippen LogP contribution >= 0.6 is 0 Å². The summed E-state index contributed by atoms with van der Waals surface area (Å²) in [4.78, 5) is 11.7. The molecule has 0 aromatic carbocycles. The van der Waals surface area contributed by atoms with Gasteiger partial charge in [0.25, 0.3) is 0 Å². The fourth-order valence-electron chi connectivity index (χ4n) is 3.74. The Hall–Kier alpha value is -0.690. The standard InChI is InChI=1S/C14H22O6/c1-18-12(16)13(17)7-9(15)11-10(8-13)19-14(20-11)5-3-2-4-6-14/h9-11,15,17H,2-8H2,1H3/t9?,10-,11+,13-/m1/s1. The Bertz CT molecular complexity index is 391. The van der Waals surface area contributed by atoms with Crippen molar-refractivity contribution in [2.75, 3.05) is 7.11 Å². The van der Waals surface area contributed by atoms with Crippen LogP contribution in [0.5, 0.6) is 0 Å². The van der Waals surface area contributed by atoms with E-state index in [0.717, 1.165) is 25.7 Å². The highest BCUT2D eigenvalue weighted by Crippen LogP contribution is 2.46. The molecule has 0 aromatic rings. The monoisotopic (exact) mass is 286 g/mol. The topological polar surface area (TPSA) is 85.2 Å². The van der Waals surface area contributed by atoms with Gasteiger partial charge in [-0.15, -0.1) is 0 Å². The first-order valence-corrected chi connectivity index (χ1v) is 7.33. The van der Waals surface area contributed by atoms with Crippen LogP contribution in [0.4, 0.5) is 0 Å². The number of fused-ring (bicyclic) bond motifs is 1. The molecule has 4 atom stereocenters. The number of aliphatic hydroxyl groups excluding tert-OH is 1. The van der Waals surface area contributed by atoms with E-state index in [-0.39, 0.29) is 12.8 Å². The summed E-state index contributed by atoms with van der Waals surface area (Å²) >= 11 is 0. The zero-order valence-electron chi connectivity index (χ0n) is 11.7. The highest BCUT2D eigenvalue weighted by Gasteiger charge is 2.58. The quantitative estimate of drug-likeness (QED) is 0.682. The molecule has 3 fully saturated rings. The third kappa shape index (κ3) is 2.24. The van der Waals surface area contributed by atoms with Crippen LogP contribution in [0.1, 0.15) is 44.9 Å².